The zero-order chi connectivity index (χ0) is 13.2. The standard InChI is InChI=1S/C13H26N2O2/c1-10(2)14-7-6-11(8-14)15(9-12(16)17)13(3,4)5/h10-11H,6-9H2,1-5H3,(H,16,17). The first-order valence-corrected chi connectivity index (χ1v) is 6.44. The third-order valence-corrected chi connectivity index (χ3v) is 3.53. The molecule has 4 nitrogen and oxygen atoms in total. The summed E-state index contributed by atoms with van der Waals surface area (Å²) in [4.78, 5) is 15.5. The number of nitrogens with zero attached hydrogens (tertiary/aromatic N) is 2. The van der Waals surface area contributed by atoms with Crippen LogP contribution < -0.4 is 0 Å². The van der Waals surface area contributed by atoms with Crippen LogP contribution in [0, 0.1) is 0 Å². The van der Waals surface area contributed by atoms with E-state index in [2.05, 4.69) is 44.4 Å². The van der Waals surface area contributed by atoms with Crippen LogP contribution in [0.25, 0.3) is 0 Å². The van der Waals surface area contributed by atoms with Gasteiger partial charge in [-0.05, 0) is 41.0 Å². The Morgan fingerprint density at radius 1 is 1.47 bits per heavy atom. The Morgan fingerprint density at radius 3 is 2.41 bits per heavy atom. The molecule has 1 aliphatic rings. The van der Waals surface area contributed by atoms with Crippen LogP contribution in [0.3, 0.4) is 0 Å². The maximum Gasteiger partial charge on any atom is 0.317 e. The lowest BCUT2D eigenvalue weighted by Gasteiger charge is -2.39. The molecule has 4 heteroatoms. The molecule has 1 heterocycles. The predicted octanol–water partition coefficient (Wildman–Crippen LogP) is 1.65. The second-order valence-electron chi connectivity index (χ2n) is 6.22. The molecular weight excluding hydrogens is 216 g/mol. The van der Waals surface area contributed by atoms with Crippen LogP contribution in [0.1, 0.15) is 41.0 Å². The van der Waals surface area contributed by atoms with E-state index in [1.165, 1.54) is 0 Å². The maximum absolute atomic E-state index is 11.0. The molecule has 1 N–H and O–H groups in total. The second kappa shape index (κ2) is 5.36. The average Bonchev–Trinajstić information content (AvgIpc) is 2.60. The third kappa shape index (κ3) is 3.96. The van der Waals surface area contributed by atoms with Crippen LogP contribution >= 0.6 is 0 Å². The van der Waals surface area contributed by atoms with Gasteiger partial charge in [0.1, 0.15) is 0 Å². The molecule has 0 amide bonds. The lowest BCUT2D eigenvalue weighted by atomic mass is 10.0. The van der Waals surface area contributed by atoms with Gasteiger partial charge in [0.05, 0.1) is 6.54 Å². The summed E-state index contributed by atoms with van der Waals surface area (Å²) in [6, 6.07) is 0.917. The molecule has 17 heavy (non-hydrogen) atoms. The number of hydrogen-bond acceptors (Lipinski definition) is 3. The van der Waals surface area contributed by atoms with Crippen molar-refractivity contribution in [1.82, 2.24) is 9.80 Å². The Bertz CT molecular complexity index is 271. The molecule has 1 rings (SSSR count). The van der Waals surface area contributed by atoms with Gasteiger partial charge in [0, 0.05) is 30.7 Å². The fraction of sp³-hybridized carbons (Fsp3) is 0.923. The maximum atomic E-state index is 11.0. The highest BCUT2D eigenvalue weighted by Gasteiger charge is 2.35. The van der Waals surface area contributed by atoms with Crippen molar-refractivity contribution in [2.75, 3.05) is 19.6 Å². The Balaban J connectivity index is 2.69. The minimum atomic E-state index is -0.733. The normalized spacial score (nSPS) is 22.6. The topological polar surface area (TPSA) is 43.8 Å². The summed E-state index contributed by atoms with van der Waals surface area (Å²) in [6.45, 7) is 12.9. The molecular formula is C13H26N2O2. The number of carboxylic acids is 1. The Morgan fingerprint density at radius 2 is 2.06 bits per heavy atom. The molecule has 1 atom stereocenters. The molecule has 0 aromatic heterocycles. The summed E-state index contributed by atoms with van der Waals surface area (Å²) in [6.07, 6.45) is 1.07. The van der Waals surface area contributed by atoms with E-state index in [-0.39, 0.29) is 12.1 Å². The summed E-state index contributed by atoms with van der Waals surface area (Å²) in [5, 5.41) is 9.03. The zero-order valence-electron chi connectivity index (χ0n) is 11.7. The number of carboxylic acid groups (broad SMARTS) is 1. The molecule has 1 unspecified atom stereocenters. The van der Waals surface area contributed by atoms with Crippen molar-refractivity contribution in [3.63, 3.8) is 0 Å². The number of aliphatic carboxylic acids is 1. The van der Waals surface area contributed by atoms with Gasteiger partial charge in [-0.1, -0.05) is 0 Å². The largest absolute Gasteiger partial charge is 0.480 e. The lowest BCUT2D eigenvalue weighted by molar-refractivity contribution is -0.140. The molecule has 1 fully saturated rings. The molecule has 1 saturated heterocycles. The van der Waals surface area contributed by atoms with Gasteiger partial charge in [0.15, 0.2) is 0 Å². The summed E-state index contributed by atoms with van der Waals surface area (Å²) >= 11 is 0. The van der Waals surface area contributed by atoms with E-state index in [0.29, 0.717) is 12.1 Å². The fourth-order valence-electron chi connectivity index (χ4n) is 2.55. The van der Waals surface area contributed by atoms with Gasteiger partial charge >= 0.3 is 5.97 Å². The lowest BCUT2D eigenvalue weighted by Crippen LogP contribution is -2.51. The van der Waals surface area contributed by atoms with Gasteiger partial charge in [-0.2, -0.15) is 0 Å². The molecule has 1 aliphatic heterocycles. The average molecular weight is 242 g/mol. The van der Waals surface area contributed by atoms with Crippen LogP contribution in [-0.4, -0.2) is 58.1 Å². The van der Waals surface area contributed by atoms with Gasteiger partial charge in [-0.25, -0.2) is 0 Å². The third-order valence-electron chi connectivity index (χ3n) is 3.53. The van der Waals surface area contributed by atoms with Gasteiger partial charge < -0.3 is 5.11 Å². The van der Waals surface area contributed by atoms with Crippen molar-refractivity contribution in [2.24, 2.45) is 0 Å². The van der Waals surface area contributed by atoms with Crippen molar-refractivity contribution < 1.29 is 9.90 Å². The van der Waals surface area contributed by atoms with E-state index in [0.717, 1.165) is 19.5 Å². The van der Waals surface area contributed by atoms with Gasteiger partial charge in [0.25, 0.3) is 0 Å². The van der Waals surface area contributed by atoms with Crippen molar-refractivity contribution in [3.05, 3.63) is 0 Å². The zero-order valence-corrected chi connectivity index (χ0v) is 11.7. The van der Waals surface area contributed by atoms with Crippen LogP contribution in [0.4, 0.5) is 0 Å². The molecule has 0 aromatic carbocycles. The predicted molar refractivity (Wildman–Crippen MR) is 69.2 cm³/mol. The van der Waals surface area contributed by atoms with E-state index in [1.54, 1.807) is 0 Å². The smallest absolute Gasteiger partial charge is 0.317 e. The first-order valence-electron chi connectivity index (χ1n) is 6.44. The minimum absolute atomic E-state index is 0.0873. The molecule has 0 spiro atoms. The van der Waals surface area contributed by atoms with E-state index < -0.39 is 5.97 Å². The second-order valence-corrected chi connectivity index (χ2v) is 6.22. The van der Waals surface area contributed by atoms with E-state index in [4.69, 9.17) is 5.11 Å². The number of carbonyl (C=O) groups is 1. The SMILES string of the molecule is CC(C)N1CCC(N(CC(=O)O)C(C)(C)C)C1. The van der Waals surface area contributed by atoms with E-state index >= 15 is 0 Å². The summed E-state index contributed by atoms with van der Waals surface area (Å²) in [5.41, 5.74) is -0.0873. The number of hydrogen-bond donors (Lipinski definition) is 1. The van der Waals surface area contributed by atoms with Crippen LogP contribution in [0.5, 0.6) is 0 Å². The summed E-state index contributed by atoms with van der Waals surface area (Å²) < 4.78 is 0. The molecule has 0 saturated carbocycles. The van der Waals surface area contributed by atoms with Gasteiger partial charge in [-0.3, -0.25) is 14.6 Å². The quantitative estimate of drug-likeness (QED) is 0.814. The van der Waals surface area contributed by atoms with Crippen molar-refractivity contribution >= 4 is 5.97 Å². The molecule has 0 aromatic rings. The minimum Gasteiger partial charge on any atom is -0.480 e. The monoisotopic (exact) mass is 242 g/mol. The molecule has 0 bridgehead atoms. The summed E-state index contributed by atoms with van der Waals surface area (Å²) in [5.74, 6) is -0.733. The fourth-order valence-corrected chi connectivity index (χ4v) is 2.55. The molecule has 100 valence electrons. The highest BCUT2D eigenvalue weighted by Crippen LogP contribution is 2.24. The van der Waals surface area contributed by atoms with Crippen molar-refractivity contribution in [1.29, 1.82) is 0 Å². The molecule has 0 radical (unpaired) electrons. The van der Waals surface area contributed by atoms with Gasteiger partial charge in [-0.15, -0.1) is 0 Å². The number of likely N-dealkylation sites (tertiary alicyclic amines) is 1. The molecule has 0 aliphatic carbocycles. The Kier molecular flexibility index (Phi) is 4.55. The van der Waals surface area contributed by atoms with Crippen LogP contribution in [0.15, 0.2) is 0 Å². The van der Waals surface area contributed by atoms with Crippen molar-refractivity contribution in [2.45, 2.75) is 58.7 Å². The van der Waals surface area contributed by atoms with Gasteiger partial charge in [0.2, 0.25) is 0 Å². The summed E-state index contributed by atoms with van der Waals surface area (Å²) in [7, 11) is 0. The van der Waals surface area contributed by atoms with E-state index in [1.807, 2.05) is 0 Å². The number of rotatable bonds is 4. The Labute approximate surface area is 105 Å². The van der Waals surface area contributed by atoms with Crippen LogP contribution in [-0.2, 0) is 4.79 Å². The van der Waals surface area contributed by atoms with E-state index in [9.17, 15) is 4.79 Å². The Hall–Kier alpha value is -0.610. The van der Waals surface area contributed by atoms with Crippen molar-refractivity contribution in [3.8, 4) is 0 Å². The first kappa shape index (κ1) is 14.5. The van der Waals surface area contributed by atoms with Crippen LogP contribution in [0.2, 0.25) is 0 Å². The first-order chi connectivity index (χ1) is 7.71. The highest BCUT2D eigenvalue weighted by molar-refractivity contribution is 5.69. The highest BCUT2D eigenvalue weighted by atomic mass is 16.4.